The molecule has 1 aliphatic rings. The maximum Gasteiger partial charge on any atom is 0.270 e. The van der Waals surface area contributed by atoms with Crippen molar-refractivity contribution in [2.75, 3.05) is 6.54 Å². The Morgan fingerprint density at radius 1 is 1.32 bits per heavy atom. The van der Waals surface area contributed by atoms with Gasteiger partial charge < -0.3 is 14.6 Å². The first kappa shape index (κ1) is 16.7. The zero-order chi connectivity index (χ0) is 17.8. The van der Waals surface area contributed by atoms with Crippen LogP contribution in [0.25, 0.3) is 0 Å². The Morgan fingerprint density at radius 2 is 2.16 bits per heavy atom. The molecule has 8 nitrogen and oxygen atoms in total. The van der Waals surface area contributed by atoms with Gasteiger partial charge in [0.05, 0.1) is 17.7 Å². The van der Waals surface area contributed by atoms with E-state index in [2.05, 4.69) is 5.32 Å². The van der Waals surface area contributed by atoms with Crippen LogP contribution in [0.2, 0.25) is 0 Å². The molecule has 1 aromatic heterocycles. The van der Waals surface area contributed by atoms with E-state index in [1.807, 2.05) is 0 Å². The first-order chi connectivity index (χ1) is 12.1. The molecule has 0 spiro atoms. The van der Waals surface area contributed by atoms with Crippen LogP contribution < -0.4 is 5.32 Å². The number of nitro groups is 1. The number of nitrogens with one attached hydrogen (secondary N) is 1. The minimum absolute atomic E-state index is 0.149. The van der Waals surface area contributed by atoms with Gasteiger partial charge in [-0.3, -0.25) is 19.7 Å². The SMILES string of the molecule is O=C(NCc1ccco1)[C@@H]1CCCN1C(=O)c1cccc([N+](=O)[O-])c1. The summed E-state index contributed by atoms with van der Waals surface area (Å²) in [5, 5.41) is 13.6. The van der Waals surface area contributed by atoms with Crippen LogP contribution in [0.1, 0.15) is 29.0 Å². The predicted molar refractivity (Wildman–Crippen MR) is 87.7 cm³/mol. The number of hydrogen-bond donors (Lipinski definition) is 1. The highest BCUT2D eigenvalue weighted by Crippen LogP contribution is 2.22. The molecule has 2 heterocycles. The summed E-state index contributed by atoms with van der Waals surface area (Å²) in [5.41, 5.74) is 0.0591. The number of furan rings is 1. The summed E-state index contributed by atoms with van der Waals surface area (Å²) in [7, 11) is 0. The third kappa shape index (κ3) is 3.68. The molecular formula is C17H17N3O5. The van der Waals surface area contributed by atoms with Gasteiger partial charge in [0.25, 0.3) is 11.6 Å². The van der Waals surface area contributed by atoms with Crippen molar-refractivity contribution < 1.29 is 18.9 Å². The average molecular weight is 343 g/mol. The monoisotopic (exact) mass is 343 g/mol. The smallest absolute Gasteiger partial charge is 0.270 e. The molecule has 25 heavy (non-hydrogen) atoms. The number of likely N-dealkylation sites (tertiary alicyclic amines) is 1. The molecule has 0 unspecified atom stereocenters. The summed E-state index contributed by atoms with van der Waals surface area (Å²) in [4.78, 5) is 36.9. The average Bonchev–Trinajstić information content (AvgIpc) is 3.30. The fraction of sp³-hybridized carbons (Fsp3) is 0.294. The third-order valence-corrected chi connectivity index (χ3v) is 4.14. The standard InChI is InChI=1S/C17H17N3O5/c21-16(18-11-14-6-3-9-25-14)15-7-2-8-19(15)17(22)12-4-1-5-13(10-12)20(23)24/h1,3-6,9-10,15H,2,7-8,11H2,(H,18,21)/t15-/m0/s1. The lowest BCUT2D eigenvalue weighted by atomic mass is 10.1. The van der Waals surface area contributed by atoms with E-state index in [-0.39, 0.29) is 29.6 Å². The zero-order valence-electron chi connectivity index (χ0n) is 13.4. The van der Waals surface area contributed by atoms with Gasteiger partial charge in [-0.25, -0.2) is 0 Å². The fourth-order valence-corrected chi connectivity index (χ4v) is 2.91. The highest BCUT2D eigenvalue weighted by atomic mass is 16.6. The van der Waals surface area contributed by atoms with Crippen LogP contribution in [0.3, 0.4) is 0 Å². The molecule has 2 amide bonds. The van der Waals surface area contributed by atoms with E-state index in [9.17, 15) is 19.7 Å². The van der Waals surface area contributed by atoms with E-state index in [1.165, 1.54) is 35.4 Å². The van der Waals surface area contributed by atoms with E-state index in [1.54, 1.807) is 12.1 Å². The largest absolute Gasteiger partial charge is 0.467 e. The summed E-state index contributed by atoms with van der Waals surface area (Å²) in [5.74, 6) is -0.00469. The lowest BCUT2D eigenvalue weighted by Crippen LogP contribution is -2.45. The third-order valence-electron chi connectivity index (χ3n) is 4.14. The number of carbonyl (C=O) groups excluding carboxylic acids is 2. The molecule has 1 aliphatic heterocycles. The summed E-state index contributed by atoms with van der Waals surface area (Å²) < 4.78 is 5.17. The van der Waals surface area contributed by atoms with Crippen LogP contribution in [0.15, 0.2) is 47.1 Å². The zero-order valence-corrected chi connectivity index (χ0v) is 13.4. The summed E-state index contributed by atoms with van der Waals surface area (Å²) in [6, 6.07) is 8.45. The number of benzene rings is 1. The second-order valence-electron chi connectivity index (χ2n) is 5.76. The number of hydrogen-bond acceptors (Lipinski definition) is 5. The van der Waals surface area contributed by atoms with E-state index >= 15 is 0 Å². The number of carbonyl (C=O) groups is 2. The maximum absolute atomic E-state index is 12.7. The van der Waals surface area contributed by atoms with Crippen molar-refractivity contribution in [1.29, 1.82) is 0 Å². The molecule has 2 aromatic rings. The van der Waals surface area contributed by atoms with Gasteiger partial charge in [0.2, 0.25) is 5.91 Å². The Bertz CT molecular complexity index is 787. The molecule has 1 fully saturated rings. The van der Waals surface area contributed by atoms with Gasteiger partial charge in [0.1, 0.15) is 11.8 Å². The van der Waals surface area contributed by atoms with Gasteiger partial charge >= 0.3 is 0 Å². The molecule has 8 heteroatoms. The van der Waals surface area contributed by atoms with Crippen molar-refractivity contribution in [1.82, 2.24) is 10.2 Å². The molecule has 3 rings (SSSR count). The van der Waals surface area contributed by atoms with Gasteiger partial charge in [0, 0.05) is 24.2 Å². The van der Waals surface area contributed by atoms with E-state index < -0.39 is 11.0 Å². The molecule has 1 saturated heterocycles. The van der Waals surface area contributed by atoms with E-state index in [4.69, 9.17) is 4.42 Å². The van der Waals surface area contributed by atoms with Crippen molar-refractivity contribution in [3.8, 4) is 0 Å². The number of nitro benzene ring substituents is 1. The molecule has 1 atom stereocenters. The van der Waals surface area contributed by atoms with Crippen LogP contribution in [-0.2, 0) is 11.3 Å². The topological polar surface area (TPSA) is 106 Å². The highest BCUT2D eigenvalue weighted by molar-refractivity contribution is 5.98. The van der Waals surface area contributed by atoms with Crippen LogP contribution in [0.5, 0.6) is 0 Å². The summed E-state index contributed by atoms with van der Waals surface area (Å²) >= 11 is 0. The van der Waals surface area contributed by atoms with E-state index in [0.29, 0.717) is 25.1 Å². The number of amides is 2. The molecule has 0 aliphatic carbocycles. The van der Waals surface area contributed by atoms with Crippen molar-refractivity contribution in [3.05, 3.63) is 64.1 Å². The first-order valence-corrected chi connectivity index (χ1v) is 7.92. The second kappa shape index (κ2) is 7.16. The minimum atomic E-state index is -0.582. The quantitative estimate of drug-likeness (QED) is 0.661. The summed E-state index contributed by atoms with van der Waals surface area (Å²) in [6.45, 7) is 0.696. The Morgan fingerprint density at radius 3 is 2.88 bits per heavy atom. The maximum atomic E-state index is 12.7. The van der Waals surface area contributed by atoms with Crippen LogP contribution in [0, 0.1) is 10.1 Å². The van der Waals surface area contributed by atoms with Crippen molar-refractivity contribution >= 4 is 17.5 Å². The van der Waals surface area contributed by atoms with Gasteiger partial charge in [-0.05, 0) is 31.0 Å². The van der Waals surface area contributed by atoms with Gasteiger partial charge in [-0.2, -0.15) is 0 Å². The highest BCUT2D eigenvalue weighted by Gasteiger charge is 2.34. The molecule has 0 saturated carbocycles. The van der Waals surface area contributed by atoms with Gasteiger partial charge in [0.15, 0.2) is 0 Å². The minimum Gasteiger partial charge on any atom is -0.467 e. The second-order valence-corrected chi connectivity index (χ2v) is 5.76. The van der Waals surface area contributed by atoms with Crippen LogP contribution in [0.4, 0.5) is 5.69 Å². The molecule has 0 radical (unpaired) electrons. The number of nitrogens with zero attached hydrogens (tertiary/aromatic N) is 2. The first-order valence-electron chi connectivity index (χ1n) is 7.92. The van der Waals surface area contributed by atoms with Gasteiger partial charge in [-0.15, -0.1) is 0 Å². The van der Waals surface area contributed by atoms with Crippen molar-refractivity contribution in [3.63, 3.8) is 0 Å². The summed E-state index contributed by atoms with van der Waals surface area (Å²) in [6.07, 6.45) is 2.79. The normalized spacial score (nSPS) is 16.6. The lowest BCUT2D eigenvalue weighted by molar-refractivity contribution is -0.384. The van der Waals surface area contributed by atoms with Crippen LogP contribution >= 0.6 is 0 Å². The predicted octanol–water partition coefficient (Wildman–Crippen LogP) is 2.11. The Kier molecular flexibility index (Phi) is 4.78. The fourth-order valence-electron chi connectivity index (χ4n) is 2.91. The molecule has 130 valence electrons. The number of rotatable bonds is 5. The Labute approximate surface area is 143 Å². The van der Waals surface area contributed by atoms with Crippen molar-refractivity contribution in [2.24, 2.45) is 0 Å². The Balaban J connectivity index is 1.70. The van der Waals surface area contributed by atoms with E-state index in [0.717, 1.165) is 0 Å². The molecular weight excluding hydrogens is 326 g/mol. The lowest BCUT2D eigenvalue weighted by Gasteiger charge is -2.23. The molecule has 0 bridgehead atoms. The van der Waals surface area contributed by atoms with Crippen molar-refractivity contribution in [2.45, 2.75) is 25.4 Å². The van der Waals surface area contributed by atoms with Crippen LogP contribution in [-0.4, -0.2) is 34.2 Å². The number of non-ortho nitro benzene ring substituents is 1. The van der Waals surface area contributed by atoms with Gasteiger partial charge in [-0.1, -0.05) is 6.07 Å². The molecule has 1 N–H and O–H groups in total. The Hall–Kier alpha value is -3.16. The molecule has 1 aromatic carbocycles.